The molecular formula is C15H15BrN2O4. The highest BCUT2D eigenvalue weighted by atomic mass is 79.9. The van der Waals surface area contributed by atoms with Crippen molar-refractivity contribution in [2.24, 2.45) is 0 Å². The van der Waals surface area contributed by atoms with Gasteiger partial charge in [-0.1, -0.05) is 6.07 Å². The van der Waals surface area contributed by atoms with E-state index in [2.05, 4.69) is 26.1 Å². The van der Waals surface area contributed by atoms with E-state index in [0.717, 1.165) is 0 Å². The summed E-state index contributed by atoms with van der Waals surface area (Å²) in [5.41, 5.74) is 0.834. The molecule has 116 valence electrons. The summed E-state index contributed by atoms with van der Waals surface area (Å²) in [6.07, 6.45) is 1.23. The molecule has 7 heteroatoms. The van der Waals surface area contributed by atoms with E-state index < -0.39 is 11.9 Å². The Morgan fingerprint density at radius 2 is 1.86 bits per heavy atom. The van der Waals surface area contributed by atoms with Crippen LogP contribution in [0.15, 0.2) is 34.4 Å². The highest BCUT2D eigenvalue weighted by molar-refractivity contribution is 9.10. The second-order valence-electron chi connectivity index (χ2n) is 3.92. The molecule has 1 aromatic carbocycles. The van der Waals surface area contributed by atoms with Gasteiger partial charge < -0.3 is 14.8 Å². The SMILES string of the molecule is [C-]#[N+]c1ccc(NC=C(C(=O)OCC)C(=O)OCC)c(Br)c1. The van der Waals surface area contributed by atoms with Crippen molar-refractivity contribution < 1.29 is 19.1 Å². The Morgan fingerprint density at radius 1 is 1.27 bits per heavy atom. The molecule has 1 rings (SSSR count). The Labute approximate surface area is 137 Å². The molecule has 0 atom stereocenters. The van der Waals surface area contributed by atoms with Crippen LogP contribution in [0.4, 0.5) is 11.4 Å². The van der Waals surface area contributed by atoms with Crippen LogP contribution in [-0.2, 0) is 19.1 Å². The Morgan fingerprint density at radius 3 is 2.32 bits per heavy atom. The van der Waals surface area contributed by atoms with Gasteiger partial charge in [-0.25, -0.2) is 14.4 Å². The van der Waals surface area contributed by atoms with Crippen LogP contribution in [0.1, 0.15) is 13.8 Å². The minimum Gasteiger partial charge on any atom is -0.462 e. The molecule has 0 spiro atoms. The molecule has 6 nitrogen and oxygen atoms in total. The van der Waals surface area contributed by atoms with Crippen molar-refractivity contribution in [3.8, 4) is 0 Å². The van der Waals surface area contributed by atoms with Crippen LogP contribution < -0.4 is 5.32 Å². The highest BCUT2D eigenvalue weighted by Gasteiger charge is 2.21. The number of hydrogen-bond acceptors (Lipinski definition) is 5. The van der Waals surface area contributed by atoms with E-state index in [4.69, 9.17) is 16.0 Å². The van der Waals surface area contributed by atoms with Crippen LogP contribution in [0.25, 0.3) is 4.85 Å². The maximum atomic E-state index is 11.8. The number of carbonyl (C=O) groups excluding carboxylic acids is 2. The fraction of sp³-hybridized carbons (Fsp3) is 0.267. The highest BCUT2D eigenvalue weighted by Crippen LogP contribution is 2.27. The average molecular weight is 367 g/mol. The monoisotopic (exact) mass is 366 g/mol. The van der Waals surface area contributed by atoms with E-state index in [1.54, 1.807) is 32.0 Å². The summed E-state index contributed by atoms with van der Waals surface area (Å²) in [7, 11) is 0. The first-order chi connectivity index (χ1) is 10.5. The van der Waals surface area contributed by atoms with E-state index in [9.17, 15) is 9.59 Å². The lowest BCUT2D eigenvalue weighted by molar-refractivity contribution is -0.146. The average Bonchev–Trinajstić information content (AvgIpc) is 2.49. The minimum absolute atomic E-state index is 0.152. The number of nitrogens with zero attached hydrogens (tertiary/aromatic N) is 1. The van der Waals surface area contributed by atoms with Gasteiger partial charge in [-0.05, 0) is 41.9 Å². The Hall–Kier alpha value is -2.33. The largest absolute Gasteiger partial charge is 0.462 e. The van der Waals surface area contributed by atoms with E-state index in [-0.39, 0.29) is 18.8 Å². The van der Waals surface area contributed by atoms with Crippen molar-refractivity contribution in [3.63, 3.8) is 0 Å². The van der Waals surface area contributed by atoms with Gasteiger partial charge in [0, 0.05) is 16.4 Å². The zero-order valence-electron chi connectivity index (χ0n) is 12.2. The normalized spacial score (nSPS) is 9.36. The van der Waals surface area contributed by atoms with Gasteiger partial charge in [0.25, 0.3) is 0 Å². The van der Waals surface area contributed by atoms with Crippen molar-refractivity contribution >= 4 is 39.2 Å². The smallest absolute Gasteiger partial charge is 0.347 e. The van der Waals surface area contributed by atoms with Gasteiger partial charge in [-0.15, -0.1) is 0 Å². The molecule has 0 saturated heterocycles. The lowest BCUT2D eigenvalue weighted by atomic mass is 10.2. The third kappa shape index (κ3) is 4.90. The third-order valence-corrected chi connectivity index (χ3v) is 3.10. The summed E-state index contributed by atoms with van der Waals surface area (Å²) in [6.45, 7) is 10.5. The molecule has 0 aliphatic rings. The maximum absolute atomic E-state index is 11.8. The summed E-state index contributed by atoms with van der Waals surface area (Å²) < 4.78 is 10.3. The van der Waals surface area contributed by atoms with Gasteiger partial charge in [0.05, 0.1) is 19.8 Å². The molecule has 0 aliphatic carbocycles. The van der Waals surface area contributed by atoms with Crippen molar-refractivity contribution in [2.45, 2.75) is 13.8 Å². The summed E-state index contributed by atoms with van der Waals surface area (Å²) in [5, 5.41) is 2.83. The zero-order chi connectivity index (χ0) is 16.5. The Kier molecular flexibility index (Phi) is 7.13. The topological polar surface area (TPSA) is 69.0 Å². The van der Waals surface area contributed by atoms with Crippen molar-refractivity contribution in [1.82, 2.24) is 0 Å². The van der Waals surface area contributed by atoms with Gasteiger partial charge in [-0.2, -0.15) is 0 Å². The van der Waals surface area contributed by atoms with Crippen LogP contribution >= 0.6 is 15.9 Å². The zero-order valence-corrected chi connectivity index (χ0v) is 13.8. The molecule has 0 aliphatic heterocycles. The molecule has 1 aromatic rings. The Bertz CT molecular complexity index is 615. The van der Waals surface area contributed by atoms with Gasteiger partial charge >= 0.3 is 11.9 Å². The number of esters is 2. The predicted molar refractivity (Wildman–Crippen MR) is 85.4 cm³/mol. The molecule has 0 amide bonds. The number of carbonyl (C=O) groups is 2. The quantitative estimate of drug-likeness (QED) is 0.274. The first kappa shape index (κ1) is 17.7. The number of halogens is 1. The number of hydrogen-bond donors (Lipinski definition) is 1. The van der Waals surface area contributed by atoms with E-state index in [1.807, 2.05) is 0 Å². The number of anilines is 1. The van der Waals surface area contributed by atoms with Gasteiger partial charge in [0.15, 0.2) is 11.3 Å². The van der Waals surface area contributed by atoms with E-state index >= 15 is 0 Å². The van der Waals surface area contributed by atoms with E-state index in [1.165, 1.54) is 6.20 Å². The number of rotatable bonds is 6. The first-order valence-corrected chi connectivity index (χ1v) is 7.30. The molecule has 0 saturated carbocycles. The predicted octanol–water partition coefficient (Wildman–Crippen LogP) is 3.42. The standard InChI is InChI=1S/C15H15BrN2O4/c1-4-21-14(19)11(15(20)22-5-2)9-18-13-7-6-10(17-3)8-12(13)16/h6-9,18H,4-5H2,1-2H3. The molecule has 1 N–H and O–H groups in total. The lowest BCUT2D eigenvalue weighted by Gasteiger charge is -2.09. The minimum atomic E-state index is -0.762. The summed E-state index contributed by atoms with van der Waals surface area (Å²) in [5.74, 6) is -1.52. The lowest BCUT2D eigenvalue weighted by Crippen LogP contribution is -2.19. The van der Waals surface area contributed by atoms with Gasteiger partial charge in [-0.3, -0.25) is 0 Å². The van der Waals surface area contributed by atoms with Crippen molar-refractivity contribution in [3.05, 3.63) is 45.9 Å². The van der Waals surface area contributed by atoms with Gasteiger partial charge in [0.1, 0.15) is 0 Å². The fourth-order valence-electron chi connectivity index (χ4n) is 1.46. The number of benzene rings is 1. The van der Waals surface area contributed by atoms with Crippen LogP contribution in [0.3, 0.4) is 0 Å². The molecule has 0 aromatic heterocycles. The van der Waals surface area contributed by atoms with Crippen LogP contribution in [-0.4, -0.2) is 25.2 Å². The molecule has 0 radical (unpaired) electrons. The van der Waals surface area contributed by atoms with E-state index in [0.29, 0.717) is 15.8 Å². The van der Waals surface area contributed by atoms with Crippen molar-refractivity contribution in [1.29, 1.82) is 0 Å². The molecule has 0 unspecified atom stereocenters. The van der Waals surface area contributed by atoms with Crippen LogP contribution in [0.5, 0.6) is 0 Å². The van der Waals surface area contributed by atoms with Crippen molar-refractivity contribution in [2.75, 3.05) is 18.5 Å². The first-order valence-electron chi connectivity index (χ1n) is 6.51. The Balaban J connectivity index is 3.00. The van der Waals surface area contributed by atoms with Crippen LogP contribution in [0, 0.1) is 6.57 Å². The third-order valence-electron chi connectivity index (χ3n) is 2.44. The second kappa shape index (κ2) is 8.85. The second-order valence-corrected chi connectivity index (χ2v) is 4.77. The fourth-order valence-corrected chi connectivity index (χ4v) is 1.94. The molecule has 0 bridgehead atoms. The molecular weight excluding hydrogens is 352 g/mol. The molecule has 22 heavy (non-hydrogen) atoms. The summed E-state index contributed by atoms with van der Waals surface area (Å²) >= 11 is 3.31. The summed E-state index contributed by atoms with van der Waals surface area (Å²) in [6, 6.07) is 4.89. The number of ether oxygens (including phenoxy) is 2. The molecule has 0 fully saturated rings. The maximum Gasteiger partial charge on any atom is 0.347 e. The van der Waals surface area contributed by atoms with Gasteiger partial charge in [0.2, 0.25) is 0 Å². The van der Waals surface area contributed by atoms with Crippen LogP contribution in [0.2, 0.25) is 0 Å². The summed E-state index contributed by atoms with van der Waals surface area (Å²) in [4.78, 5) is 26.9. The molecule has 0 heterocycles. The number of nitrogens with one attached hydrogen (secondary N) is 1.